The molecular formula is C42H66N8O6. The van der Waals surface area contributed by atoms with Gasteiger partial charge in [-0.2, -0.15) is 0 Å². The van der Waals surface area contributed by atoms with E-state index in [1.165, 1.54) is 56.0 Å². The van der Waals surface area contributed by atoms with E-state index in [1.54, 1.807) is 6.92 Å². The van der Waals surface area contributed by atoms with Crippen LogP contribution in [0.5, 0.6) is 5.75 Å². The Kier molecular flexibility index (Phi) is 14.7. The highest BCUT2D eigenvalue weighted by molar-refractivity contribution is 5.82. The standard InChI is InChI=1S/C42H66N8O6/c1-30-39(56-29-44-30)28-55-37-14-13-33-24-47(16-15-32(33)21-37)25-36(52)23-43-41(53)38-22-40(45-34-26-54-27-34)46-42(49-19-17-48(18-20-49)31(2)51)50(38)35-11-9-7-5-3-4-6-8-10-12-35/h13-14,21,29,34-36,38,40,42,45-46,52H,3-12,15-20,22-28H2,1-2H3,(H,43,53)/t36-,38?,40?,42?/m0/s1. The molecule has 0 bridgehead atoms. The van der Waals surface area contributed by atoms with Gasteiger partial charge in [0.15, 0.2) is 12.2 Å². The van der Waals surface area contributed by atoms with Crippen LogP contribution in [0.3, 0.4) is 0 Å². The summed E-state index contributed by atoms with van der Waals surface area (Å²) >= 11 is 0. The fraction of sp³-hybridized carbons (Fsp3) is 0.738. The normalized spacial score (nSPS) is 26.1. The molecule has 2 aromatic rings. The number of hydrogen-bond donors (Lipinski definition) is 4. The minimum absolute atomic E-state index is 0.0130. The first kappa shape index (κ1) is 41.1. The predicted octanol–water partition coefficient (Wildman–Crippen LogP) is 3.11. The van der Waals surface area contributed by atoms with Crippen LogP contribution in [0.15, 0.2) is 29.0 Å². The Labute approximate surface area is 333 Å². The third kappa shape index (κ3) is 10.9. The SMILES string of the molecule is CC(=O)N1CCN(C2NC(NC3COC3)CC(C(=O)NC[C@H](O)CN3CCc4cc(OCc5ocnc5C)ccc4C3)N2C2CCCCCCCCCC2)CC1. The summed E-state index contributed by atoms with van der Waals surface area (Å²) in [5.74, 6) is 1.64. The number of β-amino-alcohol motifs (C(OH)–C–C–N with tert-alkyl or cyclic N) is 1. The molecule has 5 heterocycles. The number of carbonyl (C=O) groups is 2. The third-order valence-electron chi connectivity index (χ3n) is 12.6. The summed E-state index contributed by atoms with van der Waals surface area (Å²) in [7, 11) is 0. The molecule has 4 N–H and O–H groups in total. The van der Waals surface area contributed by atoms with Crippen molar-refractivity contribution >= 4 is 11.8 Å². The molecule has 0 radical (unpaired) electrons. The molecule has 1 aromatic heterocycles. The second kappa shape index (κ2) is 20.0. The van der Waals surface area contributed by atoms with Crippen LogP contribution < -0.4 is 20.7 Å². The van der Waals surface area contributed by atoms with E-state index in [1.807, 2.05) is 17.9 Å². The molecule has 0 spiro atoms. The lowest BCUT2D eigenvalue weighted by atomic mass is 9.95. The minimum Gasteiger partial charge on any atom is -0.486 e. The molecule has 3 saturated heterocycles. The minimum atomic E-state index is -0.697. The number of nitrogens with zero attached hydrogens (tertiary/aromatic N) is 5. The number of fused-ring (bicyclic) bond motifs is 1. The van der Waals surface area contributed by atoms with Crippen molar-refractivity contribution in [2.75, 3.05) is 59.0 Å². The van der Waals surface area contributed by atoms with Gasteiger partial charge in [0.1, 0.15) is 18.6 Å². The summed E-state index contributed by atoms with van der Waals surface area (Å²) in [6.07, 6.45) is 14.1. The summed E-state index contributed by atoms with van der Waals surface area (Å²) in [6.45, 7) is 10.4. The lowest BCUT2D eigenvalue weighted by Gasteiger charge is -2.54. The largest absolute Gasteiger partial charge is 0.486 e. The highest BCUT2D eigenvalue weighted by Crippen LogP contribution is 2.30. The molecule has 14 heteroatoms. The van der Waals surface area contributed by atoms with E-state index in [9.17, 15) is 14.7 Å². The number of carbonyl (C=O) groups excluding carboxylic acids is 2. The summed E-state index contributed by atoms with van der Waals surface area (Å²) in [4.78, 5) is 40.1. The average molecular weight is 779 g/mol. The summed E-state index contributed by atoms with van der Waals surface area (Å²) in [5.41, 5.74) is 3.32. The quantitative estimate of drug-likeness (QED) is 0.251. The monoisotopic (exact) mass is 779 g/mol. The molecule has 1 saturated carbocycles. The zero-order valence-corrected chi connectivity index (χ0v) is 33.8. The fourth-order valence-corrected chi connectivity index (χ4v) is 9.26. The van der Waals surface area contributed by atoms with Gasteiger partial charge in [0.2, 0.25) is 11.8 Å². The third-order valence-corrected chi connectivity index (χ3v) is 12.6. The molecule has 1 aliphatic carbocycles. The van der Waals surface area contributed by atoms with E-state index in [4.69, 9.17) is 13.9 Å². The fourth-order valence-electron chi connectivity index (χ4n) is 9.26. The highest BCUT2D eigenvalue weighted by atomic mass is 16.5. The number of piperazine rings is 1. The van der Waals surface area contributed by atoms with E-state index in [2.05, 4.69) is 47.8 Å². The van der Waals surface area contributed by atoms with Crippen LogP contribution in [0.4, 0.5) is 0 Å². The van der Waals surface area contributed by atoms with E-state index >= 15 is 0 Å². The van der Waals surface area contributed by atoms with Crippen LogP contribution in [-0.4, -0.2) is 137 Å². The molecular weight excluding hydrogens is 713 g/mol. The maximum Gasteiger partial charge on any atom is 0.237 e. The van der Waals surface area contributed by atoms with Gasteiger partial charge in [0.25, 0.3) is 0 Å². The van der Waals surface area contributed by atoms with Gasteiger partial charge < -0.3 is 29.2 Å². The van der Waals surface area contributed by atoms with Gasteiger partial charge in [-0.25, -0.2) is 4.98 Å². The highest BCUT2D eigenvalue weighted by Gasteiger charge is 2.46. The molecule has 310 valence electrons. The first-order chi connectivity index (χ1) is 27.3. The molecule has 4 aliphatic heterocycles. The van der Waals surface area contributed by atoms with E-state index in [-0.39, 0.29) is 48.9 Å². The zero-order valence-electron chi connectivity index (χ0n) is 33.8. The van der Waals surface area contributed by atoms with Crippen molar-refractivity contribution in [3.05, 3.63) is 47.2 Å². The Bertz CT molecular complexity index is 1550. The topological polar surface area (TPSA) is 148 Å². The van der Waals surface area contributed by atoms with Crippen molar-refractivity contribution in [3.63, 3.8) is 0 Å². The van der Waals surface area contributed by atoms with Crippen molar-refractivity contribution in [1.29, 1.82) is 0 Å². The molecule has 1 aromatic carbocycles. The van der Waals surface area contributed by atoms with Crippen LogP contribution in [-0.2, 0) is 33.9 Å². The smallest absolute Gasteiger partial charge is 0.237 e. The van der Waals surface area contributed by atoms with E-state index in [0.717, 1.165) is 75.5 Å². The number of ether oxygens (including phenoxy) is 2. The van der Waals surface area contributed by atoms with Gasteiger partial charge in [-0.3, -0.25) is 34.9 Å². The van der Waals surface area contributed by atoms with Gasteiger partial charge in [0.05, 0.1) is 43.3 Å². The van der Waals surface area contributed by atoms with Crippen LogP contribution in [0, 0.1) is 6.92 Å². The molecule has 2 amide bonds. The van der Waals surface area contributed by atoms with Gasteiger partial charge in [-0.15, -0.1) is 0 Å². The Morgan fingerprint density at radius 1 is 1.00 bits per heavy atom. The number of benzene rings is 1. The van der Waals surface area contributed by atoms with Crippen LogP contribution in [0.1, 0.15) is 100 Å². The second-order valence-electron chi connectivity index (χ2n) is 16.8. The maximum absolute atomic E-state index is 14.6. The van der Waals surface area contributed by atoms with Gasteiger partial charge >= 0.3 is 0 Å². The molecule has 4 atom stereocenters. The lowest BCUT2D eigenvalue weighted by molar-refractivity contribution is -0.146. The summed E-state index contributed by atoms with van der Waals surface area (Å²) in [6, 6.07) is 6.37. The Balaban J connectivity index is 1.01. The van der Waals surface area contributed by atoms with Crippen LogP contribution in [0.2, 0.25) is 0 Å². The zero-order chi connectivity index (χ0) is 38.9. The Hall–Kier alpha value is -3.11. The van der Waals surface area contributed by atoms with Gasteiger partial charge in [0, 0.05) is 71.7 Å². The predicted molar refractivity (Wildman–Crippen MR) is 212 cm³/mol. The number of aliphatic hydroxyl groups is 1. The molecule has 7 rings (SSSR count). The van der Waals surface area contributed by atoms with Gasteiger partial charge in [-0.05, 0) is 49.4 Å². The Morgan fingerprint density at radius 2 is 1.73 bits per heavy atom. The van der Waals surface area contributed by atoms with E-state index in [0.29, 0.717) is 45.9 Å². The second-order valence-corrected chi connectivity index (χ2v) is 16.8. The number of amides is 2. The number of hydrogen-bond acceptors (Lipinski definition) is 12. The molecule has 3 unspecified atom stereocenters. The number of nitrogens with one attached hydrogen (secondary N) is 3. The van der Waals surface area contributed by atoms with Crippen molar-refractivity contribution < 1.29 is 28.6 Å². The lowest BCUT2D eigenvalue weighted by Crippen LogP contribution is -2.75. The molecule has 14 nitrogen and oxygen atoms in total. The van der Waals surface area contributed by atoms with Crippen molar-refractivity contribution in [3.8, 4) is 5.75 Å². The molecule has 56 heavy (non-hydrogen) atoms. The number of rotatable bonds is 12. The van der Waals surface area contributed by atoms with Crippen molar-refractivity contribution in [2.24, 2.45) is 0 Å². The van der Waals surface area contributed by atoms with Crippen molar-refractivity contribution in [1.82, 2.24) is 40.5 Å². The summed E-state index contributed by atoms with van der Waals surface area (Å²) in [5, 5.41) is 22.3. The maximum atomic E-state index is 14.6. The number of oxazole rings is 1. The molecule has 5 aliphatic rings. The Morgan fingerprint density at radius 3 is 2.39 bits per heavy atom. The van der Waals surface area contributed by atoms with Crippen LogP contribution in [0.25, 0.3) is 0 Å². The first-order valence-electron chi connectivity index (χ1n) is 21.5. The van der Waals surface area contributed by atoms with Crippen molar-refractivity contribution in [2.45, 2.75) is 141 Å². The summed E-state index contributed by atoms with van der Waals surface area (Å²) < 4.78 is 16.9. The number of aliphatic hydroxyl groups excluding tert-OH is 1. The molecule has 4 fully saturated rings. The van der Waals surface area contributed by atoms with Crippen LogP contribution >= 0.6 is 0 Å². The average Bonchev–Trinajstić information content (AvgIpc) is 3.58. The van der Waals surface area contributed by atoms with Gasteiger partial charge in [-0.1, -0.05) is 57.4 Å². The van der Waals surface area contributed by atoms with E-state index < -0.39 is 6.10 Å². The number of aryl methyl sites for hydroxylation is 1. The first-order valence-corrected chi connectivity index (χ1v) is 21.5. The number of aromatic nitrogens is 1.